The predicted octanol–water partition coefficient (Wildman–Crippen LogP) is 3.74. The summed E-state index contributed by atoms with van der Waals surface area (Å²) in [7, 11) is 0. The lowest BCUT2D eigenvalue weighted by Crippen LogP contribution is -2.44. The van der Waals surface area contributed by atoms with Crippen LogP contribution in [0.15, 0.2) is 0 Å². The number of hydrogen-bond acceptors (Lipinski definition) is 2. The lowest BCUT2D eigenvalue weighted by molar-refractivity contribution is -0.0830. The SMILES string of the molecule is CCCC1CCC(CN)(OCC(C)CC)CC1. The van der Waals surface area contributed by atoms with Gasteiger partial charge in [-0.1, -0.05) is 40.0 Å². The van der Waals surface area contributed by atoms with Crippen LogP contribution in [-0.2, 0) is 4.74 Å². The smallest absolute Gasteiger partial charge is 0.0804 e. The Balaban J connectivity index is 2.38. The van der Waals surface area contributed by atoms with E-state index >= 15 is 0 Å². The largest absolute Gasteiger partial charge is 0.373 e. The van der Waals surface area contributed by atoms with Gasteiger partial charge in [-0.05, 0) is 37.5 Å². The van der Waals surface area contributed by atoms with Crippen LogP contribution in [0, 0.1) is 11.8 Å². The van der Waals surface area contributed by atoms with Gasteiger partial charge in [0.15, 0.2) is 0 Å². The Bertz CT molecular complexity index is 197. The molecule has 2 N–H and O–H groups in total. The van der Waals surface area contributed by atoms with Crippen LogP contribution < -0.4 is 5.73 Å². The van der Waals surface area contributed by atoms with Crippen LogP contribution in [0.3, 0.4) is 0 Å². The number of nitrogens with two attached hydrogens (primary N) is 1. The van der Waals surface area contributed by atoms with Gasteiger partial charge in [0.2, 0.25) is 0 Å². The highest BCUT2D eigenvalue weighted by atomic mass is 16.5. The molecule has 2 heteroatoms. The quantitative estimate of drug-likeness (QED) is 0.737. The summed E-state index contributed by atoms with van der Waals surface area (Å²) in [4.78, 5) is 0. The number of hydrogen-bond donors (Lipinski definition) is 1. The van der Waals surface area contributed by atoms with Crippen LogP contribution in [0.2, 0.25) is 0 Å². The molecule has 102 valence electrons. The fourth-order valence-electron chi connectivity index (χ4n) is 2.74. The summed E-state index contributed by atoms with van der Waals surface area (Å²) in [6.45, 7) is 8.34. The van der Waals surface area contributed by atoms with Gasteiger partial charge in [-0.25, -0.2) is 0 Å². The van der Waals surface area contributed by atoms with Crippen LogP contribution >= 0.6 is 0 Å². The van der Waals surface area contributed by atoms with Crippen LogP contribution in [0.5, 0.6) is 0 Å². The number of ether oxygens (including phenoxy) is 1. The average Bonchev–Trinajstić information content (AvgIpc) is 2.38. The third-order valence-corrected chi connectivity index (χ3v) is 4.46. The summed E-state index contributed by atoms with van der Waals surface area (Å²) in [6, 6.07) is 0. The summed E-state index contributed by atoms with van der Waals surface area (Å²) >= 11 is 0. The van der Waals surface area contributed by atoms with E-state index in [1.54, 1.807) is 0 Å². The zero-order chi connectivity index (χ0) is 12.7. The van der Waals surface area contributed by atoms with Crippen LogP contribution in [0.4, 0.5) is 0 Å². The van der Waals surface area contributed by atoms with E-state index in [4.69, 9.17) is 10.5 Å². The van der Waals surface area contributed by atoms with E-state index in [-0.39, 0.29) is 5.60 Å². The highest BCUT2D eigenvalue weighted by Gasteiger charge is 2.34. The fraction of sp³-hybridized carbons (Fsp3) is 1.00. The van der Waals surface area contributed by atoms with Gasteiger partial charge >= 0.3 is 0 Å². The molecule has 17 heavy (non-hydrogen) atoms. The van der Waals surface area contributed by atoms with Crippen molar-refractivity contribution in [2.45, 2.75) is 71.3 Å². The molecule has 0 spiro atoms. The van der Waals surface area contributed by atoms with Gasteiger partial charge < -0.3 is 10.5 Å². The van der Waals surface area contributed by atoms with E-state index in [0.717, 1.165) is 12.5 Å². The predicted molar refractivity (Wildman–Crippen MR) is 74.1 cm³/mol. The first-order chi connectivity index (χ1) is 8.15. The van der Waals surface area contributed by atoms with Gasteiger partial charge in [0, 0.05) is 13.2 Å². The molecule has 2 nitrogen and oxygen atoms in total. The Labute approximate surface area is 107 Å². The van der Waals surface area contributed by atoms with Crippen molar-refractivity contribution in [1.29, 1.82) is 0 Å². The van der Waals surface area contributed by atoms with E-state index in [1.165, 1.54) is 44.9 Å². The topological polar surface area (TPSA) is 35.2 Å². The van der Waals surface area contributed by atoms with E-state index in [9.17, 15) is 0 Å². The zero-order valence-electron chi connectivity index (χ0n) is 12.0. The van der Waals surface area contributed by atoms with Gasteiger partial charge in [0.05, 0.1) is 5.60 Å². The molecule has 1 atom stereocenters. The van der Waals surface area contributed by atoms with Gasteiger partial charge in [0.25, 0.3) is 0 Å². The first-order valence-corrected chi connectivity index (χ1v) is 7.49. The maximum absolute atomic E-state index is 6.17. The van der Waals surface area contributed by atoms with Gasteiger partial charge in [-0.2, -0.15) is 0 Å². The van der Waals surface area contributed by atoms with Crippen molar-refractivity contribution in [3.63, 3.8) is 0 Å². The van der Waals surface area contributed by atoms with E-state index in [0.29, 0.717) is 12.5 Å². The van der Waals surface area contributed by atoms with Crippen LogP contribution in [-0.4, -0.2) is 18.8 Å². The van der Waals surface area contributed by atoms with Crippen molar-refractivity contribution in [2.75, 3.05) is 13.2 Å². The molecular formula is C15H31NO. The molecule has 1 saturated carbocycles. The van der Waals surface area contributed by atoms with E-state index < -0.39 is 0 Å². The van der Waals surface area contributed by atoms with Crippen molar-refractivity contribution in [2.24, 2.45) is 17.6 Å². The molecule has 0 heterocycles. The second-order valence-electron chi connectivity index (χ2n) is 5.94. The molecule has 1 aliphatic rings. The Morgan fingerprint density at radius 1 is 1.29 bits per heavy atom. The number of rotatable bonds is 7. The highest BCUT2D eigenvalue weighted by Crippen LogP contribution is 2.36. The average molecular weight is 241 g/mol. The normalized spacial score (nSPS) is 31.4. The molecule has 0 aromatic carbocycles. The minimum atomic E-state index is 0.00761. The Morgan fingerprint density at radius 2 is 1.94 bits per heavy atom. The fourth-order valence-corrected chi connectivity index (χ4v) is 2.74. The summed E-state index contributed by atoms with van der Waals surface area (Å²) in [5.41, 5.74) is 5.97. The maximum Gasteiger partial charge on any atom is 0.0804 e. The molecule has 0 radical (unpaired) electrons. The third-order valence-electron chi connectivity index (χ3n) is 4.46. The maximum atomic E-state index is 6.17. The van der Waals surface area contributed by atoms with Crippen molar-refractivity contribution in [3.8, 4) is 0 Å². The third kappa shape index (κ3) is 4.59. The van der Waals surface area contributed by atoms with E-state index in [1.807, 2.05) is 0 Å². The Morgan fingerprint density at radius 3 is 2.41 bits per heavy atom. The molecule has 0 aromatic rings. The Hall–Kier alpha value is -0.0800. The van der Waals surface area contributed by atoms with Crippen LogP contribution in [0.25, 0.3) is 0 Å². The molecule has 1 aliphatic carbocycles. The molecule has 1 unspecified atom stereocenters. The van der Waals surface area contributed by atoms with Gasteiger partial charge in [-0.3, -0.25) is 0 Å². The summed E-state index contributed by atoms with van der Waals surface area (Å²) in [5.74, 6) is 1.58. The van der Waals surface area contributed by atoms with Gasteiger partial charge in [-0.15, -0.1) is 0 Å². The minimum Gasteiger partial charge on any atom is -0.373 e. The molecule has 0 aromatic heterocycles. The molecule has 0 bridgehead atoms. The van der Waals surface area contributed by atoms with Crippen molar-refractivity contribution in [1.82, 2.24) is 0 Å². The second-order valence-corrected chi connectivity index (χ2v) is 5.94. The molecule has 0 saturated heterocycles. The lowest BCUT2D eigenvalue weighted by Gasteiger charge is -2.40. The minimum absolute atomic E-state index is 0.00761. The van der Waals surface area contributed by atoms with Crippen LogP contribution in [0.1, 0.15) is 65.7 Å². The van der Waals surface area contributed by atoms with Crippen molar-refractivity contribution < 1.29 is 4.74 Å². The summed E-state index contributed by atoms with van der Waals surface area (Å²) in [5, 5.41) is 0. The summed E-state index contributed by atoms with van der Waals surface area (Å²) < 4.78 is 6.17. The summed E-state index contributed by atoms with van der Waals surface area (Å²) in [6.07, 6.45) is 8.85. The molecule has 1 rings (SSSR count). The van der Waals surface area contributed by atoms with E-state index in [2.05, 4.69) is 20.8 Å². The molecule has 1 fully saturated rings. The highest BCUT2D eigenvalue weighted by molar-refractivity contribution is 4.88. The molecule has 0 amide bonds. The monoisotopic (exact) mass is 241 g/mol. The lowest BCUT2D eigenvalue weighted by atomic mass is 9.77. The molecule has 0 aliphatic heterocycles. The first kappa shape index (κ1) is 15.0. The van der Waals surface area contributed by atoms with Crippen molar-refractivity contribution >= 4 is 0 Å². The van der Waals surface area contributed by atoms with Gasteiger partial charge in [0.1, 0.15) is 0 Å². The molecular weight excluding hydrogens is 210 g/mol. The second kappa shape index (κ2) is 7.38. The van der Waals surface area contributed by atoms with Crippen molar-refractivity contribution in [3.05, 3.63) is 0 Å². The standard InChI is InChI=1S/C15H31NO/c1-4-6-14-7-9-15(12-16,10-8-14)17-11-13(3)5-2/h13-14H,4-12,16H2,1-3H3. The zero-order valence-corrected chi connectivity index (χ0v) is 12.0. The first-order valence-electron chi connectivity index (χ1n) is 7.49. The Kier molecular flexibility index (Phi) is 6.50.